The molecule has 0 aliphatic heterocycles. The summed E-state index contributed by atoms with van der Waals surface area (Å²) in [7, 11) is 0. The summed E-state index contributed by atoms with van der Waals surface area (Å²) in [6.07, 6.45) is 0. The molecule has 0 saturated heterocycles. The van der Waals surface area contributed by atoms with Crippen LogP contribution in [0.5, 0.6) is 0 Å². The van der Waals surface area contributed by atoms with Crippen LogP contribution in [0.3, 0.4) is 0 Å². The minimum Gasteiger partial charge on any atom is -0.466 e. The normalized spacial score (nSPS) is 10.9. The largest absolute Gasteiger partial charge is 0.466 e. The standard InChI is InChI=1S/C13H14N4O2S/c1-7-4-11(8(2)18-7)12-16-17-13(19-12)14-5-10-6-20-9(3)15-10/h4,6H,5H2,1-3H3,(H,14,17). The molecule has 3 heterocycles. The van der Waals surface area contributed by atoms with Gasteiger partial charge in [0.25, 0.3) is 5.89 Å². The first-order chi connectivity index (χ1) is 9.61. The first kappa shape index (κ1) is 12.9. The maximum atomic E-state index is 5.57. The molecule has 0 radical (unpaired) electrons. The molecule has 0 saturated carbocycles. The van der Waals surface area contributed by atoms with E-state index in [0.717, 1.165) is 27.8 Å². The van der Waals surface area contributed by atoms with E-state index in [1.165, 1.54) is 0 Å². The molecule has 3 aromatic heterocycles. The second-order valence-electron chi connectivity index (χ2n) is 4.45. The zero-order valence-electron chi connectivity index (χ0n) is 11.4. The van der Waals surface area contributed by atoms with E-state index in [9.17, 15) is 0 Å². The zero-order chi connectivity index (χ0) is 14.1. The lowest BCUT2D eigenvalue weighted by molar-refractivity contribution is 0.503. The molecule has 0 spiro atoms. The summed E-state index contributed by atoms with van der Waals surface area (Å²) in [4.78, 5) is 4.36. The molecule has 7 heteroatoms. The first-order valence-electron chi connectivity index (χ1n) is 6.17. The third-order valence-corrected chi connectivity index (χ3v) is 3.61. The predicted molar refractivity (Wildman–Crippen MR) is 75.7 cm³/mol. The second-order valence-corrected chi connectivity index (χ2v) is 5.51. The number of aryl methyl sites for hydroxylation is 3. The van der Waals surface area contributed by atoms with Crippen molar-refractivity contribution in [2.75, 3.05) is 5.32 Å². The van der Waals surface area contributed by atoms with Crippen LogP contribution in [0.25, 0.3) is 11.5 Å². The van der Waals surface area contributed by atoms with Crippen molar-refractivity contribution in [1.82, 2.24) is 15.2 Å². The Morgan fingerprint density at radius 2 is 2.05 bits per heavy atom. The quantitative estimate of drug-likeness (QED) is 0.794. The van der Waals surface area contributed by atoms with Crippen molar-refractivity contribution in [2.24, 2.45) is 0 Å². The molecule has 0 atom stereocenters. The maximum absolute atomic E-state index is 5.57. The van der Waals surface area contributed by atoms with Crippen LogP contribution >= 0.6 is 11.3 Å². The van der Waals surface area contributed by atoms with Crippen LogP contribution in [0.2, 0.25) is 0 Å². The fourth-order valence-electron chi connectivity index (χ4n) is 1.90. The number of nitrogens with one attached hydrogen (secondary N) is 1. The van der Waals surface area contributed by atoms with Gasteiger partial charge in [0.1, 0.15) is 11.5 Å². The van der Waals surface area contributed by atoms with Crippen LogP contribution in [0.1, 0.15) is 22.2 Å². The summed E-state index contributed by atoms with van der Waals surface area (Å²) in [5, 5.41) is 14.1. The third-order valence-electron chi connectivity index (χ3n) is 2.78. The van der Waals surface area contributed by atoms with E-state index in [-0.39, 0.29) is 0 Å². The van der Waals surface area contributed by atoms with Gasteiger partial charge in [-0.25, -0.2) is 4.98 Å². The van der Waals surface area contributed by atoms with E-state index in [0.29, 0.717) is 18.5 Å². The average Bonchev–Trinajstić information content (AvgIpc) is 3.08. The van der Waals surface area contributed by atoms with Crippen LogP contribution in [-0.2, 0) is 6.54 Å². The number of furan rings is 1. The second kappa shape index (κ2) is 5.09. The fourth-order valence-corrected chi connectivity index (χ4v) is 2.51. The van der Waals surface area contributed by atoms with E-state index >= 15 is 0 Å². The highest BCUT2D eigenvalue weighted by atomic mass is 32.1. The van der Waals surface area contributed by atoms with Crippen molar-refractivity contribution in [3.63, 3.8) is 0 Å². The van der Waals surface area contributed by atoms with Gasteiger partial charge in [-0.1, -0.05) is 5.10 Å². The number of hydrogen-bond donors (Lipinski definition) is 1. The Kier molecular flexibility index (Phi) is 3.27. The van der Waals surface area contributed by atoms with Gasteiger partial charge >= 0.3 is 6.01 Å². The van der Waals surface area contributed by atoms with Crippen LogP contribution in [-0.4, -0.2) is 15.2 Å². The number of aromatic nitrogens is 3. The summed E-state index contributed by atoms with van der Waals surface area (Å²) in [6, 6.07) is 2.26. The zero-order valence-corrected chi connectivity index (χ0v) is 12.2. The Hall–Kier alpha value is -2.15. The van der Waals surface area contributed by atoms with Crippen molar-refractivity contribution in [1.29, 1.82) is 0 Å². The monoisotopic (exact) mass is 290 g/mol. The molecule has 0 aliphatic carbocycles. The van der Waals surface area contributed by atoms with Gasteiger partial charge in [-0.2, -0.15) is 0 Å². The molecular formula is C13H14N4O2S. The van der Waals surface area contributed by atoms with Crippen molar-refractivity contribution in [2.45, 2.75) is 27.3 Å². The molecule has 1 N–H and O–H groups in total. The molecule has 0 aliphatic rings. The van der Waals surface area contributed by atoms with Gasteiger partial charge in [-0.05, 0) is 26.8 Å². The van der Waals surface area contributed by atoms with E-state index in [1.807, 2.05) is 32.2 Å². The number of nitrogens with zero attached hydrogens (tertiary/aromatic N) is 3. The van der Waals surface area contributed by atoms with Crippen molar-refractivity contribution >= 4 is 17.4 Å². The summed E-state index contributed by atoms with van der Waals surface area (Å²) < 4.78 is 11.0. The molecule has 20 heavy (non-hydrogen) atoms. The molecule has 104 valence electrons. The minimum absolute atomic E-state index is 0.379. The van der Waals surface area contributed by atoms with E-state index in [2.05, 4.69) is 20.5 Å². The van der Waals surface area contributed by atoms with Crippen molar-refractivity contribution in [3.8, 4) is 11.5 Å². The lowest BCUT2D eigenvalue weighted by atomic mass is 10.2. The van der Waals surface area contributed by atoms with Gasteiger partial charge in [-0.3, -0.25) is 0 Å². The molecule has 0 fully saturated rings. The Morgan fingerprint density at radius 1 is 1.20 bits per heavy atom. The Labute approximate surface area is 119 Å². The molecule has 0 unspecified atom stereocenters. The summed E-state index contributed by atoms with van der Waals surface area (Å²) in [6.45, 7) is 6.30. The Balaban J connectivity index is 1.72. The predicted octanol–water partition coefficient (Wildman–Crippen LogP) is 3.32. The molecule has 0 aromatic carbocycles. The van der Waals surface area contributed by atoms with Crippen molar-refractivity contribution in [3.05, 3.63) is 33.7 Å². The fraction of sp³-hybridized carbons (Fsp3) is 0.308. The molecule has 3 rings (SSSR count). The first-order valence-corrected chi connectivity index (χ1v) is 7.05. The van der Waals surface area contributed by atoms with Gasteiger partial charge in [0, 0.05) is 5.38 Å². The van der Waals surface area contributed by atoms with Gasteiger partial charge in [0.15, 0.2) is 0 Å². The smallest absolute Gasteiger partial charge is 0.316 e. The minimum atomic E-state index is 0.379. The van der Waals surface area contributed by atoms with Gasteiger partial charge in [0.2, 0.25) is 0 Å². The van der Waals surface area contributed by atoms with E-state index in [4.69, 9.17) is 8.83 Å². The average molecular weight is 290 g/mol. The van der Waals surface area contributed by atoms with Crippen LogP contribution in [0, 0.1) is 20.8 Å². The molecule has 0 bridgehead atoms. The topological polar surface area (TPSA) is 77.0 Å². The summed E-state index contributed by atoms with van der Waals surface area (Å²) in [5.41, 5.74) is 1.79. The lowest BCUT2D eigenvalue weighted by Gasteiger charge is -1.96. The third kappa shape index (κ3) is 2.57. The molecule has 3 aromatic rings. The maximum Gasteiger partial charge on any atom is 0.316 e. The lowest BCUT2D eigenvalue weighted by Crippen LogP contribution is -1.99. The highest BCUT2D eigenvalue weighted by Crippen LogP contribution is 2.26. The van der Waals surface area contributed by atoms with Crippen molar-refractivity contribution < 1.29 is 8.83 Å². The highest BCUT2D eigenvalue weighted by Gasteiger charge is 2.14. The van der Waals surface area contributed by atoms with Gasteiger partial charge in [-0.15, -0.1) is 16.4 Å². The van der Waals surface area contributed by atoms with Gasteiger partial charge in [0.05, 0.1) is 22.8 Å². The van der Waals surface area contributed by atoms with Crippen LogP contribution in [0.15, 0.2) is 20.3 Å². The highest BCUT2D eigenvalue weighted by molar-refractivity contribution is 7.09. The van der Waals surface area contributed by atoms with Gasteiger partial charge < -0.3 is 14.2 Å². The van der Waals surface area contributed by atoms with Crippen LogP contribution < -0.4 is 5.32 Å². The summed E-state index contributed by atoms with van der Waals surface area (Å²) >= 11 is 1.62. The molecule has 0 amide bonds. The van der Waals surface area contributed by atoms with Crippen LogP contribution in [0.4, 0.5) is 6.01 Å². The number of anilines is 1. The van der Waals surface area contributed by atoms with E-state index < -0.39 is 0 Å². The number of hydrogen-bond acceptors (Lipinski definition) is 7. The van der Waals surface area contributed by atoms with E-state index in [1.54, 1.807) is 11.3 Å². The Bertz CT molecular complexity index is 728. The summed E-state index contributed by atoms with van der Waals surface area (Å²) in [5.74, 6) is 2.05. The Morgan fingerprint density at radius 3 is 2.70 bits per heavy atom. The number of rotatable bonds is 4. The SMILES string of the molecule is Cc1cc(-c2nnc(NCc3csc(C)n3)o2)c(C)o1. The molecular weight excluding hydrogens is 276 g/mol. The molecule has 6 nitrogen and oxygen atoms in total. The number of thiazole rings is 1.